The Morgan fingerprint density at radius 3 is 2.73 bits per heavy atom. The number of aryl methyl sites for hydroxylation is 1. The van der Waals surface area contributed by atoms with Gasteiger partial charge in [-0.25, -0.2) is 4.98 Å². The average Bonchev–Trinajstić information content (AvgIpc) is 3.36. The van der Waals surface area contributed by atoms with Gasteiger partial charge in [0.05, 0.1) is 11.7 Å². The molecule has 1 aliphatic carbocycles. The molecule has 26 heavy (non-hydrogen) atoms. The van der Waals surface area contributed by atoms with Gasteiger partial charge in [0.25, 0.3) is 5.91 Å². The van der Waals surface area contributed by atoms with E-state index in [4.69, 9.17) is 0 Å². The second-order valence-electron chi connectivity index (χ2n) is 7.77. The van der Waals surface area contributed by atoms with E-state index >= 15 is 0 Å². The molecule has 0 bridgehead atoms. The molecule has 1 atom stereocenters. The van der Waals surface area contributed by atoms with Crippen molar-refractivity contribution < 1.29 is 9.59 Å². The topological polar surface area (TPSA) is 65.5 Å². The minimum atomic E-state index is 0.0101. The van der Waals surface area contributed by atoms with E-state index in [1.54, 1.807) is 0 Å². The normalized spacial score (nSPS) is 21.3. The van der Waals surface area contributed by atoms with E-state index in [0.29, 0.717) is 36.2 Å². The first-order valence-electron chi connectivity index (χ1n) is 9.70. The van der Waals surface area contributed by atoms with Crippen LogP contribution in [0.25, 0.3) is 0 Å². The number of rotatable bonds is 6. The summed E-state index contributed by atoms with van der Waals surface area (Å²) in [5, 5.41) is 3.97. The van der Waals surface area contributed by atoms with E-state index in [9.17, 15) is 9.59 Å². The molecule has 1 N–H and O–H groups in total. The SMILES string of the molecule is CCNc1nc(C)c(C(=O)N2CCC(=O)N(CC3CC3)[C@@H](C(C)C)C2)s1. The maximum Gasteiger partial charge on any atom is 0.266 e. The molecule has 0 spiro atoms. The molecule has 1 aliphatic heterocycles. The lowest BCUT2D eigenvalue weighted by Gasteiger charge is -2.34. The molecule has 0 unspecified atom stereocenters. The van der Waals surface area contributed by atoms with Crippen LogP contribution in [0.3, 0.4) is 0 Å². The smallest absolute Gasteiger partial charge is 0.266 e. The van der Waals surface area contributed by atoms with Crippen molar-refractivity contribution in [2.24, 2.45) is 11.8 Å². The number of nitrogens with one attached hydrogen (secondary N) is 1. The molecule has 1 aromatic rings. The Balaban J connectivity index is 1.79. The van der Waals surface area contributed by atoms with E-state index in [0.717, 1.165) is 23.9 Å². The third-order valence-corrected chi connectivity index (χ3v) is 6.35. The first-order chi connectivity index (χ1) is 12.4. The molecule has 2 fully saturated rings. The maximum absolute atomic E-state index is 13.1. The van der Waals surface area contributed by atoms with Gasteiger partial charge in [0.15, 0.2) is 5.13 Å². The van der Waals surface area contributed by atoms with E-state index in [1.807, 2.05) is 18.7 Å². The highest BCUT2D eigenvalue weighted by atomic mass is 32.1. The van der Waals surface area contributed by atoms with Crippen molar-refractivity contribution in [2.45, 2.75) is 53.0 Å². The molecule has 1 saturated heterocycles. The summed E-state index contributed by atoms with van der Waals surface area (Å²) in [6.45, 7) is 10.9. The summed E-state index contributed by atoms with van der Waals surface area (Å²) in [4.78, 5) is 34.9. The molecule has 1 saturated carbocycles. The van der Waals surface area contributed by atoms with Gasteiger partial charge in [-0.2, -0.15) is 0 Å². The largest absolute Gasteiger partial charge is 0.362 e. The van der Waals surface area contributed by atoms with Crippen LogP contribution in [0.15, 0.2) is 0 Å². The number of hydrogen-bond donors (Lipinski definition) is 1. The number of thiazole rings is 1. The summed E-state index contributed by atoms with van der Waals surface area (Å²) in [5.74, 6) is 1.19. The standard InChI is InChI=1S/C19H30N4O2S/c1-5-20-19-21-13(4)17(26-19)18(25)22-9-8-16(24)23(10-14-6-7-14)15(11-22)12(2)3/h12,14-15H,5-11H2,1-4H3,(H,20,21)/t15-/m1/s1. The lowest BCUT2D eigenvalue weighted by molar-refractivity contribution is -0.133. The fraction of sp³-hybridized carbons (Fsp3) is 0.737. The highest BCUT2D eigenvalue weighted by Crippen LogP contribution is 2.32. The van der Waals surface area contributed by atoms with Crippen LogP contribution in [0.5, 0.6) is 0 Å². The van der Waals surface area contributed by atoms with Crippen molar-refractivity contribution in [2.75, 3.05) is 31.5 Å². The van der Waals surface area contributed by atoms with E-state index in [-0.39, 0.29) is 17.9 Å². The van der Waals surface area contributed by atoms with Gasteiger partial charge in [-0.15, -0.1) is 0 Å². The zero-order valence-electron chi connectivity index (χ0n) is 16.2. The lowest BCUT2D eigenvalue weighted by Crippen LogP contribution is -2.48. The van der Waals surface area contributed by atoms with E-state index in [1.165, 1.54) is 24.2 Å². The summed E-state index contributed by atoms with van der Waals surface area (Å²) in [5.41, 5.74) is 0.766. The Labute approximate surface area is 160 Å². The quantitative estimate of drug-likeness (QED) is 0.826. The van der Waals surface area contributed by atoms with Crippen molar-refractivity contribution >= 4 is 28.3 Å². The van der Waals surface area contributed by atoms with Crippen LogP contribution in [0.4, 0.5) is 5.13 Å². The highest BCUT2D eigenvalue weighted by Gasteiger charge is 2.37. The van der Waals surface area contributed by atoms with Gasteiger partial charge < -0.3 is 15.1 Å². The molecule has 3 rings (SSSR count). The van der Waals surface area contributed by atoms with Gasteiger partial charge in [0.2, 0.25) is 5.91 Å². The number of hydrogen-bond acceptors (Lipinski definition) is 5. The third-order valence-electron chi connectivity index (χ3n) is 5.25. The van der Waals surface area contributed by atoms with Crippen molar-refractivity contribution in [3.8, 4) is 0 Å². The van der Waals surface area contributed by atoms with E-state index in [2.05, 4.69) is 29.0 Å². The second-order valence-corrected chi connectivity index (χ2v) is 8.76. The predicted octanol–water partition coefficient (Wildman–Crippen LogP) is 2.99. The van der Waals surface area contributed by atoms with Crippen LogP contribution in [0.2, 0.25) is 0 Å². The maximum atomic E-state index is 13.1. The van der Waals surface area contributed by atoms with Gasteiger partial charge in [0.1, 0.15) is 4.88 Å². The summed E-state index contributed by atoms with van der Waals surface area (Å²) >= 11 is 1.41. The summed E-state index contributed by atoms with van der Waals surface area (Å²) in [6.07, 6.45) is 2.87. The molecular weight excluding hydrogens is 348 g/mol. The molecule has 144 valence electrons. The zero-order chi connectivity index (χ0) is 18.8. The molecule has 1 aromatic heterocycles. The first-order valence-corrected chi connectivity index (χ1v) is 10.5. The Hall–Kier alpha value is -1.63. The van der Waals surface area contributed by atoms with Crippen LogP contribution in [-0.4, -0.2) is 58.8 Å². The van der Waals surface area contributed by atoms with Crippen LogP contribution < -0.4 is 5.32 Å². The predicted molar refractivity (Wildman–Crippen MR) is 105 cm³/mol. The number of carbonyl (C=O) groups excluding carboxylic acids is 2. The fourth-order valence-electron chi connectivity index (χ4n) is 3.51. The second kappa shape index (κ2) is 7.94. The molecule has 2 aliphatic rings. The molecule has 0 aromatic carbocycles. The van der Waals surface area contributed by atoms with Crippen LogP contribution >= 0.6 is 11.3 Å². The summed E-state index contributed by atoms with van der Waals surface area (Å²) in [6, 6.07) is 0.0935. The van der Waals surface area contributed by atoms with Gasteiger partial charge >= 0.3 is 0 Å². The average molecular weight is 379 g/mol. The molecule has 2 heterocycles. The van der Waals surface area contributed by atoms with Crippen LogP contribution in [-0.2, 0) is 4.79 Å². The minimum absolute atomic E-state index is 0.0101. The molecule has 7 heteroatoms. The Kier molecular flexibility index (Phi) is 5.85. The molecule has 6 nitrogen and oxygen atoms in total. The van der Waals surface area contributed by atoms with Crippen molar-refractivity contribution in [1.82, 2.24) is 14.8 Å². The Morgan fingerprint density at radius 1 is 1.38 bits per heavy atom. The monoisotopic (exact) mass is 378 g/mol. The number of anilines is 1. The number of amides is 2. The minimum Gasteiger partial charge on any atom is -0.362 e. The van der Waals surface area contributed by atoms with E-state index < -0.39 is 0 Å². The number of aromatic nitrogens is 1. The van der Waals surface area contributed by atoms with Crippen molar-refractivity contribution in [3.63, 3.8) is 0 Å². The zero-order valence-corrected chi connectivity index (χ0v) is 17.1. The van der Waals surface area contributed by atoms with Crippen molar-refractivity contribution in [3.05, 3.63) is 10.6 Å². The van der Waals surface area contributed by atoms with Crippen LogP contribution in [0, 0.1) is 18.8 Å². The molecule has 0 radical (unpaired) electrons. The number of nitrogens with zero attached hydrogens (tertiary/aromatic N) is 3. The Bertz CT molecular complexity index is 668. The summed E-state index contributed by atoms with van der Waals surface area (Å²) < 4.78 is 0. The first kappa shape index (κ1) is 19.1. The van der Waals surface area contributed by atoms with Gasteiger partial charge in [-0.3, -0.25) is 9.59 Å². The molecular formula is C19H30N4O2S. The van der Waals surface area contributed by atoms with Gasteiger partial charge in [0, 0.05) is 32.6 Å². The van der Waals surface area contributed by atoms with Gasteiger partial charge in [-0.1, -0.05) is 25.2 Å². The Morgan fingerprint density at radius 2 is 2.12 bits per heavy atom. The van der Waals surface area contributed by atoms with Crippen LogP contribution in [0.1, 0.15) is 55.4 Å². The van der Waals surface area contributed by atoms with Gasteiger partial charge in [-0.05, 0) is 38.5 Å². The van der Waals surface area contributed by atoms with Crippen molar-refractivity contribution in [1.29, 1.82) is 0 Å². The lowest BCUT2D eigenvalue weighted by atomic mass is 10.0. The molecule has 2 amide bonds. The fourth-order valence-corrected chi connectivity index (χ4v) is 4.51. The third kappa shape index (κ3) is 4.19. The highest BCUT2D eigenvalue weighted by molar-refractivity contribution is 7.17. The number of carbonyl (C=O) groups is 2. The summed E-state index contributed by atoms with van der Waals surface area (Å²) in [7, 11) is 0.